The van der Waals surface area contributed by atoms with Crippen molar-refractivity contribution in [2.45, 2.75) is 19.3 Å². The Hall–Kier alpha value is -1.42. The first-order valence-electron chi connectivity index (χ1n) is 4.94. The van der Waals surface area contributed by atoms with E-state index in [0.717, 1.165) is 6.07 Å². The summed E-state index contributed by atoms with van der Waals surface area (Å²) in [6.45, 7) is 3.10. The van der Waals surface area contributed by atoms with Gasteiger partial charge in [-0.1, -0.05) is 13.8 Å². The monoisotopic (exact) mass is 226 g/mol. The zero-order valence-electron chi connectivity index (χ0n) is 9.05. The topological polar surface area (TPSA) is 33.4 Å². The van der Waals surface area contributed by atoms with E-state index in [4.69, 9.17) is 4.42 Å². The van der Waals surface area contributed by atoms with Crippen molar-refractivity contribution in [1.82, 2.24) is 0 Å². The largest absolute Gasteiger partial charge is 0.464 e. The third-order valence-electron chi connectivity index (χ3n) is 2.71. The van der Waals surface area contributed by atoms with Gasteiger partial charge in [0.05, 0.1) is 18.3 Å². The molecule has 16 heavy (non-hydrogen) atoms. The number of benzene rings is 1. The molecule has 2 aromatic rings. The zero-order chi connectivity index (χ0) is 11.9. The lowest BCUT2D eigenvalue weighted by Crippen LogP contribution is -2.24. The minimum atomic E-state index is -0.812. The van der Waals surface area contributed by atoms with Gasteiger partial charge in [-0.15, -0.1) is 0 Å². The summed E-state index contributed by atoms with van der Waals surface area (Å²) in [7, 11) is 0. The maximum Gasteiger partial charge on any atom is 0.143 e. The van der Waals surface area contributed by atoms with E-state index in [2.05, 4.69) is 0 Å². The van der Waals surface area contributed by atoms with Gasteiger partial charge in [-0.3, -0.25) is 0 Å². The highest BCUT2D eigenvalue weighted by Crippen LogP contribution is 2.34. The minimum Gasteiger partial charge on any atom is -0.464 e. The van der Waals surface area contributed by atoms with Crippen LogP contribution in [-0.4, -0.2) is 11.7 Å². The smallest absolute Gasteiger partial charge is 0.143 e. The Morgan fingerprint density at radius 3 is 2.62 bits per heavy atom. The molecule has 86 valence electrons. The summed E-state index contributed by atoms with van der Waals surface area (Å²) >= 11 is 0. The lowest BCUT2D eigenvalue weighted by molar-refractivity contribution is 0.215. The van der Waals surface area contributed by atoms with Gasteiger partial charge in [0, 0.05) is 17.0 Å². The average Bonchev–Trinajstić information content (AvgIpc) is 2.66. The predicted molar refractivity (Wildman–Crippen MR) is 56.2 cm³/mol. The standard InChI is InChI=1S/C12H12F2O2/c1-12(2,6-15)10-9(14)5-8(13)7-3-4-16-11(7)10/h3-5,15H,6H2,1-2H3. The second-order valence-electron chi connectivity index (χ2n) is 4.42. The summed E-state index contributed by atoms with van der Waals surface area (Å²) in [4.78, 5) is 0. The fourth-order valence-corrected chi connectivity index (χ4v) is 1.77. The van der Waals surface area contributed by atoms with Crippen LogP contribution in [0.3, 0.4) is 0 Å². The van der Waals surface area contributed by atoms with E-state index < -0.39 is 17.0 Å². The van der Waals surface area contributed by atoms with Crippen molar-refractivity contribution in [2.24, 2.45) is 0 Å². The summed E-state index contributed by atoms with van der Waals surface area (Å²) in [6.07, 6.45) is 1.31. The summed E-state index contributed by atoms with van der Waals surface area (Å²) < 4.78 is 32.2. The summed E-state index contributed by atoms with van der Waals surface area (Å²) in [5.41, 5.74) is -0.443. The van der Waals surface area contributed by atoms with Gasteiger partial charge in [0.15, 0.2) is 0 Å². The van der Waals surface area contributed by atoms with Gasteiger partial charge < -0.3 is 9.52 Å². The van der Waals surface area contributed by atoms with Crippen LogP contribution >= 0.6 is 0 Å². The Morgan fingerprint density at radius 2 is 2.00 bits per heavy atom. The molecule has 1 N–H and O–H groups in total. The van der Waals surface area contributed by atoms with Crippen LogP contribution in [0.4, 0.5) is 8.78 Å². The van der Waals surface area contributed by atoms with Crippen molar-refractivity contribution < 1.29 is 18.3 Å². The summed E-state index contributed by atoms with van der Waals surface area (Å²) in [6, 6.07) is 2.27. The molecule has 1 aromatic carbocycles. The van der Waals surface area contributed by atoms with Crippen molar-refractivity contribution in [2.75, 3.05) is 6.61 Å². The third kappa shape index (κ3) is 1.50. The van der Waals surface area contributed by atoms with E-state index in [-0.39, 0.29) is 23.1 Å². The Labute approximate surface area is 91.5 Å². The molecular weight excluding hydrogens is 214 g/mol. The number of aliphatic hydroxyl groups is 1. The first-order chi connectivity index (χ1) is 7.47. The zero-order valence-corrected chi connectivity index (χ0v) is 9.05. The molecule has 0 spiro atoms. The van der Waals surface area contributed by atoms with Gasteiger partial charge in [0.1, 0.15) is 17.2 Å². The highest BCUT2D eigenvalue weighted by atomic mass is 19.1. The van der Waals surface area contributed by atoms with Crippen LogP contribution in [0.15, 0.2) is 22.8 Å². The number of fused-ring (bicyclic) bond motifs is 1. The molecule has 0 radical (unpaired) electrons. The van der Waals surface area contributed by atoms with Crippen LogP contribution in [0.25, 0.3) is 11.0 Å². The molecule has 0 unspecified atom stereocenters. The molecule has 0 aliphatic carbocycles. The second-order valence-corrected chi connectivity index (χ2v) is 4.42. The molecule has 0 bridgehead atoms. The average molecular weight is 226 g/mol. The summed E-state index contributed by atoms with van der Waals surface area (Å²) in [5.74, 6) is -1.35. The second kappa shape index (κ2) is 3.56. The Bertz CT molecular complexity index is 529. The van der Waals surface area contributed by atoms with Crippen LogP contribution in [0.5, 0.6) is 0 Å². The number of rotatable bonds is 2. The van der Waals surface area contributed by atoms with E-state index in [1.54, 1.807) is 13.8 Å². The van der Waals surface area contributed by atoms with Crippen LogP contribution in [-0.2, 0) is 5.41 Å². The van der Waals surface area contributed by atoms with Crippen LogP contribution < -0.4 is 0 Å². The predicted octanol–water partition coefficient (Wildman–Crippen LogP) is 2.98. The molecule has 2 nitrogen and oxygen atoms in total. The molecular formula is C12H12F2O2. The first-order valence-corrected chi connectivity index (χ1v) is 4.94. The quantitative estimate of drug-likeness (QED) is 0.854. The highest BCUT2D eigenvalue weighted by molar-refractivity contribution is 5.82. The normalized spacial score (nSPS) is 12.3. The van der Waals surface area contributed by atoms with Gasteiger partial charge in [0.25, 0.3) is 0 Å². The molecule has 1 aromatic heterocycles. The molecule has 4 heteroatoms. The van der Waals surface area contributed by atoms with Crippen LogP contribution in [0, 0.1) is 11.6 Å². The summed E-state index contributed by atoms with van der Waals surface area (Å²) in [5, 5.41) is 9.47. The van der Waals surface area contributed by atoms with Crippen molar-refractivity contribution in [1.29, 1.82) is 0 Å². The number of hydrogen-bond acceptors (Lipinski definition) is 2. The molecule has 0 atom stereocenters. The lowest BCUT2D eigenvalue weighted by Gasteiger charge is -2.22. The molecule has 0 amide bonds. The minimum absolute atomic E-state index is 0.163. The molecule has 1 heterocycles. The van der Waals surface area contributed by atoms with E-state index in [1.165, 1.54) is 12.3 Å². The highest BCUT2D eigenvalue weighted by Gasteiger charge is 2.28. The van der Waals surface area contributed by atoms with Gasteiger partial charge in [-0.2, -0.15) is 0 Å². The SMILES string of the molecule is CC(C)(CO)c1c(F)cc(F)c2ccoc12. The number of hydrogen-bond donors (Lipinski definition) is 1. The van der Waals surface area contributed by atoms with E-state index >= 15 is 0 Å². The first kappa shape index (κ1) is 11.1. The number of aliphatic hydroxyl groups excluding tert-OH is 1. The third-order valence-corrected chi connectivity index (χ3v) is 2.71. The fraction of sp³-hybridized carbons (Fsp3) is 0.333. The van der Waals surface area contributed by atoms with E-state index in [1.807, 2.05) is 0 Å². The Kier molecular flexibility index (Phi) is 2.46. The van der Waals surface area contributed by atoms with Crippen molar-refractivity contribution in [3.63, 3.8) is 0 Å². The van der Waals surface area contributed by atoms with Crippen LogP contribution in [0.2, 0.25) is 0 Å². The van der Waals surface area contributed by atoms with Crippen molar-refractivity contribution >= 4 is 11.0 Å². The maximum absolute atomic E-state index is 13.7. The number of halogens is 2. The van der Waals surface area contributed by atoms with Gasteiger partial charge in [0.2, 0.25) is 0 Å². The Morgan fingerprint density at radius 1 is 1.31 bits per heavy atom. The molecule has 0 fully saturated rings. The molecule has 0 aliphatic rings. The van der Waals surface area contributed by atoms with E-state index in [0.29, 0.717) is 0 Å². The van der Waals surface area contributed by atoms with Gasteiger partial charge >= 0.3 is 0 Å². The molecule has 0 saturated carbocycles. The maximum atomic E-state index is 13.7. The van der Waals surface area contributed by atoms with Gasteiger partial charge in [-0.25, -0.2) is 8.78 Å². The number of furan rings is 1. The van der Waals surface area contributed by atoms with Crippen molar-refractivity contribution in [3.8, 4) is 0 Å². The lowest BCUT2D eigenvalue weighted by atomic mass is 9.84. The van der Waals surface area contributed by atoms with Crippen molar-refractivity contribution in [3.05, 3.63) is 35.6 Å². The fourth-order valence-electron chi connectivity index (χ4n) is 1.77. The Balaban J connectivity index is 2.83. The van der Waals surface area contributed by atoms with Crippen LogP contribution in [0.1, 0.15) is 19.4 Å². The van der Waals surface area contributed by atoms with Gasteiger partial charge in [-0.05, 0) is 6.07 Å². The van der Waals surface area contributed by atoms with E-state index in [9.17, 15) is 13.9 Å². The molecule has 0 saturated heterocycles. The molecule has 0 aliphatic heterocycles. The molecule has 2 rings (SSSR count).